The van der Waals surface area contributed by atoms with Crippen molar-refractivity contribution >= 4 is 16.7 Å². The van der Waals surface area contributed by atoms with Crippen molar-refractivity contribution < 1.29 is 0 Å². The van der Waals surface area contributed by atoms with Gasteiger partial charge in [0.25, 0.3) is 0 Å². The maximum Gasteiger partial charge on any atom is 0.137 e. The highest BCUT2D eigenvalue weighted by Gasteiger charge is 2.28. The fraction of sp³-hybridized carbons (Fsp3) is 0.500. The molecule has 1 fully saturated rings. The molecule has 1 saturated carbocycles. The Morgan fingerprint density at radius 2 is 2.31 bits per heavy atom. The number of nitrogens with zero attached hydrogens (tertiary/aromatic N) is 2. The molecule has 2 N–H and O–H groups in total. The summed E-state index contributed by atoms with van der Waals surface area (Å²) in [5.74, 6) is 1.78. The Morgan fingerprint density at radius 3 is 3.06 bits per heavy atom. The molecule has 0 amide bonds. The van der Waals surface area contributed by atoms with Crippen molar-refractivity contribution in [3.63, 3.8) is 0 Å². The van der Waals surface area contributed by atoms with Crippen LogP contribution >= 0.6 is 0 Å². The van der Waals surface area contributed by atoms with Crippen molar-refractivity contribution in [2.24, 2.45) is 5.92 Å². The predicted molar refractivity (Wildman–Crippen MR) is 64.4 cm³/mol. The molecule has 0 aliphatic heterocycles. The van der Waals surface area contributed by atoms with Crippen molar-refractivity contribution in [2.45, 2.75) is 32.7 Å². The number of hydrogen-bond acceptors (Lipinski definition) is 3. The third-order valence-corrected chi connectivity index (χ3v) is 3.34. The number of anilines is 1. The number of aromatic nitrogens is 3. The van der Waals surface area contributed by atoms with Crippen molar-refractivity contribution in [2.75, 3.05) is 5.32 Å². The van der Waals surface area contributed by atoms with E-state index in [9.17, 15) is 0 Å². The van der Waals surface area contributed by atoms with Crippen molar-refractivity contribution in [3.8, 4) is 0 Å². The highest BCUT2D eigenvalue weighted by atomic mass is 15.1. The lowest BCUT2D eigenvalue weighted by Crippen LogP contribution is -2.18. The zero-order valence-corrected chi connectivity index (χ0v) is 9.62. The van der Waals surface area contributed by atoms with Crippen LogP contribution in [-0.4, -0.2) is 21.2 Å². The van der Waals surface area contributed by atoms with Gasteiger partial charge in [-0.2, -0.15) is 5.10 Å². The molecule has 1 aliphatic rings. The van der Waals surface area contributed by atoms with E-state index in [0.717, 1.165) is 28.3 Å². The second-order valence-corrected chi connectivity index (χ2v) is 4.67. The number of fused-ring (bicyclic) bond motifs is 1. The molecular formula is C12H16N4. The second-order valence-electron chi connectivity index (χ2n) is 4.67. The second kappa shape index (κ2) is 3.47. The van der Waals surface area contributed by atoms with E-state index >= 15 is 0 Å². The van der Waals surface area contributed by atoms with Crippen LogP contribution in [0, 0.1) is 12.8 Å². The summed E-state index contributed by atoms with van der Waals surface area (Å²) in [6.45, 7) is 4.26. The normalized spacial score (nSPS) is 17.6. The van der Waals surface area contributed by atoms with Gasteiger partial charge >= 0.3 is 0 Å². The Balaban J connectivity index is 1.98. The Hall–Kier alpha value is -1.58. The quantitative estimate of drug-likeness (QED) is 0.828. The van der Waals surface area contributed by atoms with Gasteiger partial charge < -0.3 is 5.32 Å². The van der Waals surface area contributed by atoms with Crippen LogP contribution in [0.25, 0.3) is 10.9 Å². The number of aryl methyl sites for hydroxylation is 1. The Morgan fingerprint density at radius 1 is 1.50 bits per heavy atom. The third kappa shape index (κ3) is 1.54. The summed E-state index contributed by atoms with van der Waals surface area (Å²) in [4.78, 5) is 4.42. The lowest BCUT2D eigenvalue weighted by atomic mass is 10.2. The van der Waals surface area contributed by atoms with E-state index in [1.165, 1.54) is 12.8 Å². The molecule has 3 rings (SSSR count). The maximum absolute atomic E-state index is 4.42. The summed E-state index contributed by atoms with van der Waals surface area (Å²) < 4.78 is 0. The fourth-order valence-electron chi connectivity index (χ4n) is 2.15. The van der Waals surface area contributed by atoms with E-state index in [2.05, 4.69) is 27.4 Å². The summed E-state index contributed by atoms with van der Waals surface area (Å²) in [5.41, 5.74) is 2.06. The molecule has 2 aromatic heterocycles. The number of hydrogen-bond donors (Lipinski definition) is 2. The van der Waals surface area contributed by atoms with E-state index in [4.69, 9.17) is 0 Å². The SMILES string of the molecule is Cc1[nH]nc2ccnc(N[C@H](C)C3CC3)c12. The summed E-state index contributed by atoms with van der Waals surface area (Å²) in [5, 5.41) is 11.9. The van der Waals surface area contributed by atoms with Crippen molar-refractivity contribution in [1.82, 2.24) is 15.2 Å². The first-order valence-corrected chi connectivity index (χ1v) is 5.82. The molecule has 2 heterocycles. The van der Waals surface area contributed by atoms with Gasteiger partial charge in [0.15, 0.2) is 0 Å². The number of pyridine rings is 1. The Labute approximate surface area is 94.5 Å². The van der Waals surface area contributed by atoms with Crippen LogP contribution in [0.1, 0.15) is 25.5 Å². The summed E-state index contributed by atoms with van der Waals surface area (Å²) >= 11 is 0. The summed E-state index contributed by atoms with van der Waals surface area (Å²) in [7, 11) is 0. The van der Waals surface area contributed by atoms with Crippen LogP contribution in [0.5, 0.6) is 0 Å². The molecule has 0 bridgehead atoms. The van der Waals surface area contributed by atoms with Crippen LogP contribution in [-0.2, 0) is 0 Å². The van der Waals surface area contributed by atoms with Crippen LogP contribution in [0.15, 0.2) is 12.3 Å². The van der Waals surface area contributed by atoms with Crippen molar-refractivity contribution in [1.29, 1.82) is 0 Å². The minimum atomic E-state index is 0.507. The molecule has 0 aromatic carbocycles. The number of aromatic amines is 1. The molecule has 0 saturated heterocycles. The first-order valence-electron chi connectivity index (χ1n) is 5.82. The molecule has 4 nitrogen and oxygen atoms in total. The maximum atomic E-state index is 4.42. The highest BCUT2D eigenvalue weighted by molar-refractivity contribution is 5.91. The molecule has 0 spiro atoms. The zero-order valence-electron chi connectivity index (χ0n) is 9.62. The molecule has 1 atom stereocenters. The van der Waals surface area contributed by atoms with Crippen LogP contribution in [0.4, 0.5) is 5.82 Å². The van der Waals surface area contributed by atoms with Gasteiger partial charge in [-0.25, -0.2) is 4.98 Å². The molecule has 1 aliphatic carbocycles. The number of nitrogens with one attached hydrogen (secondary N) is 2. The topological polar surface area (TPSA) is 53.6 Å². The first-order chi connectivity index (χ1) is 7.75. The van der Waals surface area contributed by atoms with Crippen LogP contribution in [0.3, 0.4) is 0 Å². The monoisotopic (exact) mass is 216 g/mol. The molecule has 2 aromatic rings. The molecule has 0 unspecified atom stereocenters. The molecule has 4 heteroatoms. The smallest absolute Gasteiger partial charge is 0.137 e. The molecular weight excluding hydrogens is 200 g/mol. The number of rotatable bonds is 3. The van der Waals surface area contributed by atoms with Gasteiger partial charge in [0.1, 0.15) is 5.82 Å². The minimum absolute atomic E-state index is 0.507. The Kier molecular flexibility index (Phi) is 2.09. The van der Waals surface area contributed by atoms with E-state index < -0.39 is 0 Å². The first kappa shape index (κ1) is 9.63. The minimum Gasteiger partial charge on any atom is -0.367 e. The molecule has 84 valence electrons. The Bertz CT molecular complexity index is 513. The van der Waals surface area contributed by atoms with Gasteiger partial charge in [0, 0.05) is 17.9 Å². The lowest BCUT2D eigenvalue weighted by Gasteiger charge is -2.14. The fourth-order valence-corrected chi connectivity index (χ4v) is 2.15. The van der Waals surface area contributed by atoms with Gasteiger partial charge in [-0.3, -0.25) is 5.10 Å². The summed E-state index contributed by atoms with van der Waals surface area (Å²) in [6, 6.07) is 2.44. The average molecular weight is 216 g/mol. The van der Waals surface area contributed by atoms with E-state index in [1.807, 2.05) is 19.2 Å². The summed E-state index contributed by atoms with van der Waals surface area (Å²) in [6.07, 6.45) is 4.49. The third-order valence-electron chi connectivity index (χ3n) is 3.34. The van der Waals surface area contributed by atoms with Gasteiger partial charge in [-0.05, 0) is 38.7 Å². The van der Waals surface area contributed by atoms with Gasteiger partial charge in [-0.15, -0.1) is 0 Å². The lowest BCUT2D eigenvalue weighted by molar-refractivity contribution is 0.692. The van der Waals surface area contributed by atoms with Crippen molar-refractivity contribution in [3.05, 3.63) is 18.0 Å². The molecule has 0 radical (unpaired) electrons. The van der Waals surface area contributed by atoms with E-state index in [-0.39, 0.29) is 0 Å². The average Bonchev–Trinajstić information content (AvgIpc) is 3.05. The highest BCUT2D eigenvalue weighted by Crippen LogP contribution is 2.34. The predicted octanol–water partition coefficient (Wildman–Crippen LogP) is 2.48. The zero-order chi connectivity index (χ0) is 11.1. The van der Waals surface area contributed by atoms with Gasteiger partial charge in [-0.1, -0.05) is 0 Å². The van der Waals surface area contributed by atoms with Gasteiger partial charge in [0.2, 0.25) is 0 Å². The van der Waals surface area contributed by atoms with Crippen LogP contribution < -0.4 is 5.32 Å². The standard InChI is InChI=1S/C12H16N4/c1-7(9-3-4-9)14-12-11-8(2)15-16-10(11)5-6-13-12/h5-7,9H,3-4H2,1-2H3,(H,13,14)(H,15,16)/t7-/m1/s1. The molecule has 16 heavy (non-hydrogen) atoms. The van der Waals surface area contributed by atoms with Crippen LogP contribution in [0.2, 0.25) is 0 Å². The van der Waals surface area contributed by atoms with E-state index in [0.29, 0.717) is 6.04 Å². The largest absolute Gasteiger partial charge is 0.367 e. The van der Waals surface area contributed by atoms with Gasteiger partial charge in [0.05, 0.1) is 10.9 Å². The number of H-pyrrole nitrogens is 1. The van der Waals surface area contributed by atoms with E-state index in [1.54, 1.807) is 0 Å².